The number of nitrogens with zero attached hydrogens (tertiary/aromatic N) is 3. The molecule has 1 aliphatic heterocycles. The number of benzene rings is 2. The lowest BCUT2D eigenvalue weighted by Gasteiger charge is -2.25. The van der Waals surface area contributed by atoms with E-state index in [4.69, 9.17) is 14.6 Å². The Morgan fingerprint density at radius 3 is 2.58 bits per heavy atom. The SMILES string of the molecule is COCCCNC(=O)CN1C(=O)CSC(c2ccccc2OC)c2c(C(C)(C)C)nn(-c3ccc(C)cc3C)c21. The van der Waals surface area contributed by atoms with Crippen LogP contribution in [-0.2, 0) is 19.7 Å². The van der Waals surface area contributed by atoms with E-state index in [0.29, 0.717) is 25.4 Å². The Balaban J connectivity index is 1.96. The summed E-state index contributed by atoms with van der Waals surface area (Å²) < 4.78 is 12.7. The van der Waals surface area contributed by atoms with Gasteiger partial charge in [0, 0.05) is 36.8 Å². The van der Waals surface area contributed by atoms with Crippen LogP contribution in [0.3, 0.4) is 0 Å². The number of methoxy groups -OCH3 is 2. The van der Waals surface area contributed by atoms with Gasteiger partial charge < -0.3 is 14.8 Å². The predicted octanol–water partition coefficient (Wildman–Crippen LogP) is 5.12. The average molecular weight is 565 g/mol. The number of aryl methyl sites for hydroxylation is 2. The van der Waals surface area contributed by atoms with Crippen molar-refractivity contribution in [1.82, 2.24) is 15.1 Å². The van der Waals surface area contributed by atoms with E-state index in [-0.39, 0.29) is 34.8 Å². The van der Waals surface area contributed by atoms with Crippen molar-refractivity contribution in [3.05, 3.63) is 70.4 Å². The highest BCUT2D eigenvalue weighted by molar-refractivity contribution is 8.00. The number of amides is 2. The van der Waals surface area contributed by atoms with E-state index >= 15 is 0 Å². The fourth-order valence-electron chi connectivity index (χ4n) is 5.06. The van der Waals surface area contributed by atoms with Crippen LogP contribution in [0.2, 0.25) is 0 Å². The maximum Gasteiger partial charge on any atom is 0.240 e. The molecule has 1 aliphatic rings. The average Bonchev–Trinajstić information content (AvgIpc) is 3.24. The van der Waals surface area contributed by atoms with Gasteiger partial charge in [0.05, 0.1) is 29.5 Å². The van der Waals surface area contributed by atoms with Gasteiger partial charge in [-0.15, -0.1) is 11.8 Å². The molecule has 2 heterocycles. The monoisotopic (exact) mass is 564 g/mol. The molecule has 0 saturated heterocycles. The number of hydrogen-bond donors (Lipinski definition) is 1. The number of hydrogen-bond acceptors (Lipinski definition) is 6. The number of nitrogens with one attached hydrogen (secondary N) is 1. The van der Waals surface area contributed by atoms with Gasteiger partial charge >= 0.3 is 0 Å². The summed E-state index contributed by atoms with van der Waals surface area (Å²) in [5.41, 5.74) is 5.50. The Morgan fingerprint density at radius 2 is 1.90 bits per heavy atom. The summed E-state index contributed by atoms with van der Waals surface area (Å²) in [5, 5.41) is 7.92. The topological polar surface area (TPSA) is 85.7 Å². The van der Waals surface area contributed by atoms with Gasteiger partial charge in [0.2, 0.25) is 11.8 Å². The van der Waals surface area contributed by atoms with Crippen molar-refractivity contribution in [2.75, 3.05) is 44.6 Å². The molecule has 4 rings (SSSR count). The van der Waals surface area contributed by atoms with Gasteiger partial charge in [-0.2, -0.15) is 5.10 Å². The molecule has 214 valence electrons. The van der Waals surface area contributed by atoms with Gasteiger partial charge in [-0.25, -0.2) is 4.68 Å². The number of para-hydroxylation sites is 1. The number of ether oxygens (including phenoxy) is 2. The van der Waals surface area contributed by atoms with E-state index < -0.39 is 0 Å². The van der Waals surface area contributed by atoms with Crippen LogP contribution in [0.15, 0.2) is 42.5 Å². The molecule has 1 N–H and O–H groups in total. The van der Waals surface area contributed by atoms with Crippen molar-refractivity contribution in [2.45, 2.75) is 51.7 Å². The summed E-state index contributed by atoms with van der Waals surface area (Å²) in [6.45, 7) is 11.4. The second-order valence-electron chi connectivity index (χ2n) is 11.1. The Labute approximate surface area is 241 Å². The highest BCUT2D eigenvalue weighted by Gasteiger charge is 2.40. The van der Waals surface area contributed by atoms with Gasteiger partial charge in [-0.3, -0.25) is 14.5 Å². The first-order chi connectivity index (χ1) is 19.1. The molecule has 9 heteroatoms. The quantitative estimate of drug-likeness (QED) is 0.363. The van der Waals surface area contributed by atoms with E-state index in [9.17, 15) is 9.59 Å². The van der Waals surface area contributed by atoms with Crippen LogP contribution in [0.25, 0.3) is 5.69 Å². The highest BCUT2D eigenvalue weighted by Crippen LogP contribution is 2.50. The van der Waals surface area contributed by atoms with Crippen LogP contribution >= 0.6 is 11.8 Å². The number of anilines is 1. The van der Waals surface area contributed by atoms with Crippen molar-refractivity contribution in [3.63, 3.8) is 0 Å². The predicted molar refractivity (Wildman–Crippen MR) is 161 cm³/mol. The molecule has 0 aliphatic carbocycles. The van der Waals surface area contributed by atoms with Crippen LogP contribution in [0.4, 0.5) is 5.82 Å². The van der Waals surface area contributed by atoms with E-state index in [1.54, 1.807) is 30.9 Å². The molecule has 2 aromatic carbocycles. The van der Waals surface area contributed by atoms with E-state index in [1.807, 2.05) is 48.0 Å². The molecule has 0 bridgehead atoms. The number of aromatic nitrogens is 2. The van der Waals surface area contributed by atoms with Crippen molar-refractivity contribution >= 4 is 29.4 Å². The second kappa shape index (κ2) is 12.5. The van der Waals surface area contributed by atoms with Crippen LogP contribution in [0, 0.1) is 13.8 Å². The van der Waals surface area contributed by atoms with E-state index in [0.717, 1.165) is 39.4 Å². The number of carbonyl (C=O) groups excluding carboxylic acids is 2. The number of thioether (sulfide) groups is 1. The van der Waals surface area contributed by atoms with Crippen LogP contribution < -0.4 is 15.0 Å². The molecule has 1 unspecified atom stereocenters. The second-order valence-corrected chi connectivity index (χ2v) is 12.2. The lowest BCUT2D eigenvalue weighted by molar-refractivity contribution is -0.122. The molecule has 0 radical (unpaired) electrons. The maximum atomic E-state index is 13.8. The zero-order valence-corrected chi connectivity index (χ0v) is 25.4. The van der Waals surface area contributed by atoms with E-state index in [2.05, 4.69) is 39.1 Å². The highest BCUT2D eigenvalue weighted by atomic mass is 32.2. The molecule has 0 fully saturated rings. The molecule has 0 spiro atoms. The third kappa shape index (κ3) is 6.20. The molecule has 1 aromatic heterocycles. The molecule has 2 amide bonds. The summed E-state index contributed by atoms with van der Waals surface area (Å²) >= 11 is 1.55. The van der Waals surface area contributed by atoms with Crippen molar-refractivity contribution in [3.8, 4) is 11.4 Å². The fraction of sp³-hybridized carbons (Fsp3) is 0.452. The van der Waals surface area contributed by atoms with Crippen LogP contribution in [0.1, 0.15) is 60.4 Å². The third-order valence-corrected chi connectivity index (χ3v) is 8.19. The van der Waals surface area contributed by atoms with Crippen molar-refractivity contribution < 1.29 is 19.1 Å². The number of fused-ring (bicyclic) bond motifs is 1. The largest absolute Gasteiger partial charge is 0.496 e. The van der Waals surface area contributed by atoms with Gasteiger partial charge in [0.1, 0.15) is 18.1 Å². The van der Waals surface area contributed by atoms with Gasteiger partial charge in [-0.1, -0.05) is 56.7 Å². The molecular formula is C31H40N4O4S. The van der Waals surface area contributed by atoms with E-state index in [1.165, 1.54) is 0 Å². The number of rotatable bonds is 9. The Kier molecular flexibility index (Phi) is 9.26. The molecule has 3 aromatic rings. The summed E-state index contributed by atoms with van der Waals surface area (Å²) in [5.74, 6) is 1.24. The van der Waals surface area contributed by atoms with Crippen molar-refractivity contribution in [2.24, 2.45) is 0 Å². The summed E-state index contributed by atoms with van der Waals surface area (Å²) in [6, 6.07) is 14.1. The normalized spacial score (nSPS) is 15.5. The summed E-state index contributed by atoms with van der Waals surface area (Å²) in [7, 11) is 3.30. The van der Waals surface area contributed by atoms with Crippen molar-refractivity contribution in [1.29, 1.82) is 0 Å². The first-order valence-electron chi connectivity index (χ1n) is 13.6. The van der Waals surface area contributed by atoms with Crippen LogP contribution in [0.5, 0.6) is 5.75 Å². The van der Waals surface area contributed by atoms with Gasteiger partial charge in [-0.05, 0) is 38.0 Å². The minimum atomic E-state index is -0.337. The zero-order chi connectivity index (χ0) is 29.0. The number of carbonyl (C=O) groups is 2. The summed E-state index contributed by atoms with van der Waals surface area (Å²) in [4.78, 5) is 28.6. The zero-order valence-electron chi connectivity index (χ0n) is 24.5. The Morgan fingerprint density at radius 1 is 1.15 bits per heavy atom. The smallest absolute Gasteiger partial charge is 0.240 e. The first kappa shape index (κ1) is 29.7. The van der Waals surface area contributed by atoms with Gasteiger partial charge in [0.25, 0.3) is 0 Å². The van der Waals surface area contributed by atoms with Gasteiger partial charge in [0.15, 0.2) is 0 Å². The summed E-state index contributed by atoms with van der Waals surface area (Å²) in [6.07, 6.45) is 0.696. The fourth-order valence-corrected chi connectivity index (χ4v) is 6.28. The molecule has 0 saturated carbocycles. The standard InChI is InChI=1S/C31H40N4O4S/c1-20-13-14-23(21(2)17-20)35-30-27(29(33-35)31(3,4)5)28(22-11-8-9-12-24(22)39-7)40-19-26(37)34(30)18-25(36)32-15-10-16-38-6/h8-9,11-14,17,28H,10,15-16,18-19H2,1-7H3,(H,32,36). The Bertz CT molecular complexity index is 1380. The maximum absolute atomic E-state index is 13.8. The molecule has 8 nitrogen and oxygen atoms in total. The minimum absolute atomic E-state index is 0.0990. The third-order valence-electron chi connectivity index (χ3n) is 6.95. The lowest BCUT2D eigenvalue weighted by atomic mass is 9.87. The minimum Gasteiger partial charge on any atom is -0.496 e. The van der Waals surface area contributed by atoms with Crippen LogP contribution in [-0.4, -0.2) is 61.3 Å². The molecule has 40 heavy (non-hydrogen) atoms. The Hall–Kier alpha value is -3.30. The molecule has 1 atom stereocenters. The lowest BCUT2D eigenvalue weighted by Crippen LogP contribution is -2.42. The molecular weight excluding hydrogens is 524 g/mol. The first-order valence-corrected chi connectivity index (χ1v) is 14.6.